The first kappa shape index (κ1) is 27.4. The summed E-state index contributed by atoms with van der Waals surface area (Å²) < 4.78 is 0. The van der Waals surface area contributed by atoms with Gasteiger partial charge in [-0.2, -0.15) is 0 Å². The number of nitrogen functional groups attached to an aromatic ring is 1. The maximum atomic E-state index is 12.5. The molecule has 1 fully saturated rings. The fourth-order valence-electron chi connectivity index (χ4n) is 3.64. The molecule has 174 valence electrons. The van der Waals surface area contributed by atoms with Crippen molar-refractivity contribution in [1.29, 1.82) is 5.41 Å². The standard InChI is InChI=1S/C23H29N5O2.2ClH/c1-15(22(29)27-13-17-7-9-19(10-8-17)21(24)25)28-23(30)20-12-18(14-26-20)11-16-5-3-2-4-6-16;;/h2-10,15,18,20,26H,11-14H2,1H3,(H3,24,25)(H,27,29)(H,28,30);2*1H/t15-,18+,20-;;/m0../s1. The Morgan fingerprint density at radius 2 is 1.75 bits per heavy atom. The van der Waals surface area contributed by atoms with Crippen LogP contribution in [0.4, 0.5) is 0 Å². The Bertz CT molecular complexity index is 893. The third kappa shape index (κ3) is 7.82. The van der Waals surface area contributed by atoms with Gasteiger partial charge in [0.15, 0.2) is 0 Å². The van der Waals surface area contributed by atoms with Crippen LogP contribution < -0.4 is 21.7 Å². The molecule has 0 saturated carbocycles. The van der Waals surface area contributed by atoms with Crippen molar-refractivity contribution in [3.63, 3.8) is 0 Å². The Morgan fingerprint density at radius 1 is 1.09 bits per heavy atom. The number of nitrogens with two attached hydrogens (primary N) is 1. The van der Waals surface area contributed by atoms with Crippen LogP contribution in [0.2, 0.25) is 0 Å². The Balaban J connectivity index is 0.00000256. The topological polar surface area (TPSA) is 120 Å². The summed E-state index contributed by atoms with van der Waals surface area (Å²) >= 11 is 0. The molecule has 6 N–H and O–H groups in total. The highest BCUT2D eigenvalue weighted by Gasteiger charge is 2.30. The van der Waals surface area contributed by atoms with Gasteiger partial charge in [-0.15, -0.1) is 24.8 Å². The summed E-state index contributed by atoms with van der Waals surface area (Å²) in [6.07, 6.45) is 1.70. The first-order valence-corrected chi connectivity index (χ1v) is 10.2. The minimum Gasteiger partial charge on any atom is -0.384 e. The van der Waals surface area contributed by atoms with Crippen molar-refractivity contribution in [2.45, 2.75) is 38.4 Å². The summed E-state index contributed by atoms with van der Waals surface area (Å²) in [5, 5.41) is 16.3. The number of hydrogen-bond acceptors (Lipinski definition) is 4. The maximum absolute atomic E-state index is 12.5. The first-order valence-electron chi connectivity index (χ1n) is 10.2. The largest absolute Gasteiger partial charge is 0.384 e. The van der Waals surface area contributed by atoms with Crippen LogP contribution in [0.5, 0.6) is 0 Å². The van der Waals surface area contributed by atoms with Gasteiger partial charge in [0.2, 0.25) is 11.8 Å². The molecule has 0 unspecified atom stereocenters. The smallest absolute Gasteiger partial charge is 0.242 e. The van der Waals surface area contributed by atoms with Crippen LogP contribution in [0, 0.1) is 11.3 Å². The predicted octanol–water partition coefficient (Wildman–Crippen LogP) is 2.16. The molecule has 1 saturated heterocycles. The van der Waals surface area contributed by atoms with Gasteiger partial charge in [0.05, 0.1) is 6.04 Å². The van der Waals surface area contributed by atoms with Gasteiger partial charge < -0.3 is 21.7 Å². The lowest BCUT2D eigenvalue weighted by Gasteiger charge is -2.17. The number of benzene rings is 2. The highest BCUT2D eigenvalue weighted by Crippen LogP contribution is 2.19. The summed E-state index contributed by atoms with van der Waals surface area (Å²) in [5.41, 5.74) is 8.25. The minimum absolute atomic E-state index is 0. The number of carbonyl (C=O) groups excluding carboxylic acids is 2. The fraction of sp³-hybridized carbons (Fsp3) is 0.348. The third-order valence-corrected chi connectivity index (χ3v) is 5.39. The van der Waals surface area contributed by atoms with Crippen molar-refractivity contribution in [2.75, 3.05) is 6.54 Å². The highest BCUT2D eigenvalue weighted by molar-refractivity contribution is 5.95. The summed E-state index contributed by atoms with van der Waals surface area (Å²) in [6.45, 7) is 2.82. The van der Waals surface area contributed by atoms with E-state index >= 15 is 0 Å². The average Bonchev–Trinajstić information content (AvgIpc) is 3.21. The van der Waals surface area contributed by atoms with Gasteiger partial charge in [-0.3, -0.25) is 15.0 Å². The molecule has 3 rings (SSSR count). The molecule has 3 atom stereocenters. The zero-order valence-corrected chi connectivity index (χ0v) is 19.6. The number of rotatable bonds is 8. The average molecular weight is 480 g/mol. The molecule has 0 spiro atoms. The quantitative estimate of drug-likeness (QED) is 0.294. The molecule has 1 aliphatic heterocycles. The number of halogens is 2. The van der Waals surface area contributed by atoms with E-state index in [-0.39, 0.29) is 48.5 Å². The van der Waals surface area contributed by atoms with Crippen molar-refractivity contribution in [3.05, 3.63) is 71.3 Å². The van der Waals surface area contributed by atoms with Crippen LogP contribution >= 0.6 is 24.8 Å². The number of carbonyl (C=O) groups is 2. The molecule has 9 heteroatoms. The summed E-state index contributed by atoms with van der Waals surface area (Å²) in [4.78, 5) is 24.9. The monoisotopic (exact) mass is 479 g/mol. The van der Waals surface area contributed by atoms with Crippen molar-refractivity contribution in [2.24, 2.45) is 11.7 Å². The molecule has 0 bridgehead atoms. The normalized spacial score (nSPS) is 17.9. The van der Waals surface area contributed by atoms with Gasteiger partial charge >= 0.3 is 0 Å². The maximum Gasteiger partial charge on any atom is 0.242 e. The predicted molar refractivity (Wildman–Crippen MR) is 131 cm³/mol. The third-order valence-electron chi connectivity index (χ3n) is 5.39. The first-order chi connectivity index (χ1) is 14.4. The number of nitrogens with one attached hydrogen (secondary N) is 4. The van der Waals surface area contributed by atoms with Crippen molar-refractivity contribution in [3.8, 4) is 0 Å². The van der Waals surface area contributed by atoms with Gasteiger partial charge in [-0.25, -0.2) is 0 Å². The van der Waals surface area contributed by atoms with E-state index in [9.17, 15) is 9.59 Å². The Labute approximate surface area is 201 Å². The van der Waals surface area contributed by atoms with Crippen LogP contribution in [-0.2, 0) is 22.6 Å². The second kappa shape index (κ2) is 13.1. The van der Waals surface area contributed by atoms with Gasteiger partial charge in [0.25, 0.3) is 0 Å². The van der Waals surface area contributed by atoms with Gasteiger partial charge in [-0.05, 0) is 43.4 Å². The molecule has 2 aromatic carbocycles. The van der Waals surface area contributed by atoms with E-state index in [2.05, 4.69) is 28.1 Å². The minimum atomic E-state index is -0.621. The van der Waals surface area contributed by atoms with Crippen LogP contribution in [0.25, 0.3) is 0 Å². The van der Waals surface area contributed by atoms with E-state index in [4.69, 9.17) is 11.1 Å². The van der Waals surface area contributed by atoms with Crippen LogP contribution in [-0.4, -0.2) is 36.3 Å². The molecule has 2 aromatic rings. The second-order valence-corrected chi connectivity index (χ2v) is 7.81. The van der Waals surface area contributed by atoms with Gasteiger partial charge in [0, 0.05) is 12.1 Å². The SMILES string of the molecule is C[C@H](NC(=O)[C@@H]1C[C@@H](Cc2ccccc2)CN1)C(=O)NCc1ccc(C(=N)N)cc1.Cl.Cl. The molecule has 0 aromatic heterocycles. The fourth-order valence-corrected chi connectivity index (χ4v) is 3.64. The molecule has 32 heavy (non-hydrogen) atoms. The Morgan fingerprint density at radius 3 is 2.38 bits per heavy atom. The molecule has 0 aliphatic carbocycles. The highest BCUT2D eigenvalue weighted by atomic mass is 35.5. The molecular formula is C23H31Cl2N5O2. The summed E-state index contributed by atoms with van der Waals surface area (Å²) in [6, 6.07) is 16.5. The van der Waals surface area contributed by atoms with E-state index in [0.29, 0.717) is 18.0 Å². The van der Waals surface area contributed by atoms with E-state index < -0.39 is 6.04 Å². The second-order valence-electron chi connectivity index (χ2n) is 7.81. The lowest BCUT2D eigenvalue weighted by molar-refractivity contribution is -0.129. The van der Waals surface area contributed by atoms with E-state index in [0.717, 1.165) is 24.9 Å². The molecule has 2 amide bonds. The lowest BCUT2D eigenvalue weighted by Crippen LogP contribution is -2.49. The molecule has 0 radical (unpaired) electrons. The number of hydrogen-bond donors (Lipinski definition) is 5. The van der Waals surface area contributed by atoms with Crippen molar-refractivity contribution >= 4 is 42.5 Å². The molecule has 7 nitrogen and oxygen atoms in total. The van der Waals surface area contributed by atoms with Crippen molar-refractivity contribution in [1.82, 2.24) is 16.0 Å². The molecular weight excluding hydrogens is 449 g/mol. The van der Waals surface area contributed by atoms with E-state index in [1.54, 1.807) is 19.1 Å². The van der Waals surface area contributed by atoms with Crippen LogP contribution in [0.3, 0.4) is 0 Å². The van der Waals surface area contributed by atoms with E-state index in [1.807, 2.05) is 30.3 Å². The van der Waals surface area contributed by atoms with Crippen molar-refractivity contribution < 1.29 is 9.59 Å². The summed E-state index contributed by atoms with van der Waals surface area (Å²) in [7, 11) is 0. The van der Waals surface area contributed by atoms with E-state index in [1.165, 1.54) is 5.56 Å². The summed E-state index contributed by atoms with van der Waals surface area (Å²) in [5.74, 6) is 0.0376. The van der Waals surface area contributed by atoms with Gasteiger partial charge in [-0.1, -0.05) is 54.6 Å². The van der Waals surface area contributed by atoms with Crippen LogP contribution in [0.1, 0.15) is 30.0 Å². The number of amidine groups is 1. The van der Waals surface area contributed by atoms with Gasteiger partial charge in [0.1, 0.15) is 11.9 Å². The zero-order valence-electron chi connectivity index (χ0n) is 18.0. The zero-order chi connectivity index (χ0) is 21.5. The Kier molecular flexibility index (Phi) is 11.2. The number of amides is 2. The molecule has 1 aliphatic rings. The lowest BCUT2D eigenvalue weighted by atomic mass is 9.96. The molecule has 1 heterocycles. The Hall–Kier alpha value is -2.61. The van der Waals surface area contributed by atoms with Crippen LogP contribution in [0.15, 0.2) is 54.6 Å².